The summed E-state index contributed by atoms with van der Waals surface area (Å²) in [6, 6.07) is 3.32. The number of rotatable bonds is 3. The van der Waals surface area contributed by atoms with Gasteiger partial charge in [0.2, 0.25) is 0 Å². The average molecular weight is 304 g/mol. The summed E-state index contributed by atoms with van der Waals surface area (Å²) in [5.41, 5.74) is 1.37. The van der Waals surface area contributed by atoms with Gasteiger partial charge in [-0.3, -0.25) is 9.89 Å². The lowest BCUT2D eigenvalue weighted by Gasteiger charge is -2.04. The van der Waals surface area contributed by atoms with Crippen LogP contribution in [0.1, 0.15) is 36.8 Å². The molecule has 2 heterocycles. The lowest BCUT2D eigenvalue weighted by molar-refractivity contribution is 0.573. The maximum atomic E-state index is 13.7. The third kappa shape index (κ3) is 2.49. The van der Waals surface area contributed by atoms with E-state index >= 15 is 0 Å². The first-order valence-electron chi connectivity index (χ1n) is 6.87. The lowest BCUT2D eigenvalue weighted by atomic mass is 10.1. The number of halogens is 2. The summed E-state index contributed by atoms with van der Waals surface area (Å²) in [6.45, 7) is 3.88. The minimum Gasteiger partial charge on any atom is -0.308 e. The van der Waals surface area contributed by atoms with Crippen LogP contribution in [0.5, 0.6) is 0 Å². The summed E-state index contributed by atoms with van der Waals surface area (Å²) in [4.78, 5) is 19.0. The SMILES string of the molecule is CC(C)c1n[nH]c2c(=O)[nH]c(Cc3ccc(F)cc3F)nc12. The molecule has 0 amide bonds. The van der Waals surface area contributed by atoms with Crippen molar-refractivity contribution in [3.63, 3.8) is 0 Å². The Balaban J connectivity index is 2.07. The first-order chi connectivity index (χ1) is 10.5. The minimum atomic E-state index is -0.668. The zero-order valence-electron chi connectivity index (χ0n) is 12.1. The normalized spacial score (nSPS) is 11.5. The third-order valence-electron chi connectivity index (χ3n) is 3.42. The Kier molecular flexibility index (Phi) is 3.48. The van der Waals surface area contributed by atoms with E-state index in [0.717, 1.165) is 6.07 Å². The highest BCUT2D eigenvalue weighted by Gasteiger charge is 2.15. The molecular formula is C15H14F2N4O. The van der Waals surface area contributed by atoms with Gasteiger partial charge in [-0.05, 0) is 17.5 Å². The van der Waals surface area contributed by atoms with E-state index in [1.807, 2.05) is 13.8 Å². The van der Waals surface area contributed by atoms with Gasteiger partial charge in [-0.25, -0.2) is 13.8 Å². The molecule has 3 aromatic rings. The molecule has 0 bridgehead atoms. The maximum Gasteiger partial charge on any atom is 0.276 e. The van der Waals surface area contributed by atoms with Crippen molar-refractivity contribution in [2.75, 3.05) is 0 Å². The van der Waals surface area contributed by atoms with Gasteiger partial charge >= 0.3 is 0 Å². The summed E-state index contributed by atoms with van der Waals surface area (Å²) < 4.78 is 26.7. The highest BCUT2D eigenvalue weighted by molar-refractivity contribution is 5.76. The predicted octanol–water partition coefficient (Wildman–Crippen LogP) is 2.64. The lowest BCUT2D eigenvalue weighted by Crippen LogP contribution is -2.13. The van der Waals surface area contributed by atoms with Gasteiger partial charge in [0.05, 0.1) is 5.69 Å². The summed E-state index contributed by atoms with van der Waals surface area (Å²) in [7, 11) is 0. The molecular weight excluding hydrogens is 290 g/mol. The summed E-state index contributed by atoms with van der Waals surface area (Å²) in [5.74, 6) is -0.904. The van der Waals surface area contributed by atoms with E-state index in [2.05, 4.69) is 20.2 Å². The number of nitrogens with one attached hydrogen (secondary N) is 2. The van der Waals surface area contributed by atoms with E-state index < -0.39 is 11.6 Å². The number of aromatic nitrogens is 4. The summed E-state index contributed by atoms with van der Waals surface area (Å²) >= 11 is 0. The van der Waals surface area contributed by atoms with E-state index in [0.29, 0.717) is 22.6 Å². The Labute approximate surface area is 124 Å². The number of benzene rings is 1. The number of fused-ring (bicyclic) bond motifs is 1. The van der Waals surface area contributed by atoms with Crippen LogP contribution in [-0.4, -0.2) is 20.2 Å². The Morgan fingerprint density at radius 3 is 2.73 bits per heavy atom. The Bertz CT molecular complexity index is 898. The van der Waals surface area contributed by atoms with Gasteiger partial charge in [0, 0.05) is 12.5 Å². The molecule has 0 saturated heterocycles. The first-order valence-corrected chi connectivity index (χ1v) is 6.87. The van der Waals surface area contributed by atoms with Crippen LogP contribution in [0.4, 0.5) is 8.78 Å². The standard InChI is InChI=1S/C15H14F2N4O/c1-7(2)12-13-14(21-20-12)15(22)19-11(18-13)5-8-3-4-9(16)6-10(8)17/h3-4,6-7H,5H2,1-2H3,(H,20,21)(H,18,19,22). The molecule has 0 spiro atoms. The van der Waals surface area contributed by atoms with Crippen LogP contribution in [0.15, 0.2) is 23.0 Å². The van der Waals surface area contributed by atoms with Gasteiger partial charge in [-0.2, -0.15) is 5.10 Å². The fourth-order valence-corrected chi connectivity index (χ4v) is 2.31. The molecule has 0 saturated carbocycles. The highest BCUT2D eigenvalue weighted by Crippen LogP contribution is 2.19. The number of nitrogens with zero attached hydrogens (tertiary/aromatic N) is 2. The van der Waals surface area contributed by atoms with E-state index in [4.69, 9.17) is 0 Å². The van der Waals surface area contributed by atoms with Crippen LogP contribution >= 0.6 is 0 Å². The highest BCUT2D eigenvalue weighted by atomic mass is 19.1. The molecule has 2 N–H and O–H groups in total. The average Bonchev–Trinajstić information content (AvgIpc) is 2.86. The van der Waals surface area contributed by atoms with Crippen molar-refractivity contribution in [1.82, 2.24) is 20.2 Å². The minimum absolute atomic E-state index is 0.0695. The molecule has 0 radical (unpaired) electrons. The number of H-pyrrole nitrogens is 2. The van der Waals surface area contributed by atoms with Crippen LogP contribution in [0, 0.1) is 11.6 Å². The largest absolute Gasteiger partial charge is 0.308 e. The molecule has 0 aliphatic heterocycles. The van der Waals surface area contributed by atoms with Crippen LogP contribution < -0.4 is 5.56 Å². The Hall–Kier alpha value is -2.57. The van der Waals surface area contributed by atoms with Crippen molar-refractivity contribution in [1.29, 1.82) is 0 Å². The molecule has 0 fully saturated rings. The predicted molar refractivity (Wildman–Crippen MR) is 77.8 cm³/mol. The Morgan fingerprint density at radius 2 is 2.05 bits per heavy atom. The van der Waals surface area contributed by atoms with E-state index in [1.54, 1.807) is 0 Å². The second-order valence-electron chi connectivity index (χ2n) is 5.41. The van der Waals surface area contributed by atoms with Gasteiger partial charge in [0.25, 0.3) is 5.56 Å². The van der Waals surface area contributed by atoms with Gasteiger partial charge in [-0.1, -0.05) is 19.9 Å². The fraction of sp³-hybridized carbons (Fsp3) is 0.267. The van der Waals surface area contributed by atoms with Crippen molar-refractivity contribution in [3.8, 4) is 0 Å². The van der Waals surface area contributed by atoms with Crippen molar-refractivity contribution in [3.05, 3.63) is 57.3 Å². The van der Waals surface area contributed by atoms with Crippen molar-refractivity contribution >= 4 is 11.0 Å². The molecule has 2 aromatic heterocycles. The second kappa shape index (κ2) is 5.32. The maximum absolute atomic E-state index is 13.7. The quantitative estimate of drug-likeness (QED) is 0.781. The number of hydrogen-bond acceptors (Lipinski definition) is 3. The number of aromatic amines is 2. The molecule has 1 aromatic carbocycles. The van der Waals surface area contributed by atoms with Crippen LogP contribution in [0.2, 0.25) is 0 Å². The fourth-order valence-electron chi connectivity index (χ4n) is 2.31. The van der Waals surface area contributed by atoms with Crippen LogP contribution in [0.3, 0.4) is 0 Å². The third-order valence-corrected chi connectivity index (χ3v) is 3.42. The molecule has 22 heavy (non-hydrogen) atoms. The van der Waals surface area contributed by atoms with Crippen molar-refractivity contribution < 1.29 is 8.78 Å². The second-order valence-corrected chi connectivity index (χ2v) is 5.41. The number of hydrogen-bond donors (Lipinski definition) is 2. The monoisotopic (exact) mass is 304 g/mol. The topological polar surface area (TPSA) is 74.4 Å². The molecule has 3 rings (SSSR count). The van der Waals surface area contributed by atoms with Crippen LogP contribution in [0.25, 0.3) is 11.0 Å². The molecule has 7 heteroatoms. The van der Waals surface area contributed by atoms with Gasteiger partial charge in [0.1, 0.15) is 28.5 Å². The van der Waals surface area contributed by atoms with Gasteiger partial charge in [-0.15, -0.1) is 0 Å². The molecule has 0 unspecified atom stereocenters. The van der Waals surface area contributed by atoms with Crippen molar-refractivity contribution in [2.45, 2.75) is 26.2 Å². The van der Waals surface area contributed by atoms with Crippen LogP contribution in [-0.2, 0) is 6.42 Å². The van der Waals surface area contributed by atoms with Gasteiger partial charge in [0.15, 0.2) is 0 Å². The van der Waals surface area contributed by atoms with E-state index in [9.17, 15) is 13.6 Å². The molecule has 0 aliphatic carbocycles. The van der Waals surface area contributed by atoms with Crippen molar-refractivity contribution in [2.24, 2.45) is 0 Å². The van der Waals surface area contributed by atoms with E-state index in [-0.39, 0.29) is 23.5 Å². The smallest absolute Gasteiger partial charge is 0.276 e. The van der Waals surface area contributed by atoms with E-state index in [1.165, 1.54) is 12.1 Å². The summed E-state index contributed by atoms with van der Waals surface area (Å²) in [5, 5.41) is 6.77. The zero-order valence-corrected chi connectivity index (χ0v) is 12.1. The molecule has 0 atom stereocenters. The molecule has 0 aliphatic rings. The zero-order chi connectivity index (χ0) is 15.9. The molecule has 114 valence electrons. The molecule has 5 nitrogen and oxygen atoms in total. The summed E-state index contributed by atoms with van der Waals surface area (Å²) in [6.07, 6.45) is 0.0695. The first kappa shape index (κ1) is 14.4. The Morgan fingerprint density at radius 1 is 1.27 bits per heavy atom. The van der Waals surface area contributed by atoms with Gasteiger partial charge < -0.3 is 4.98 Å².